The van der Waals surface area contributed by atoms with E-state index < -0.39 is 0 Å². The molecule has 1 nitrogen and oxygen atoms in total. The molecule has 1 radical (unpaired) electrons. The molecule has 2 heteroatoms. The summed E-state index contributed by atoms with van der Waals surface area (Å²) in [5, 5.41) is 0. The average Bonchev–Trinajstić information content (AvgIpc) is 2.49. The molecule has 0 fully saturated rings. The van der Waals surface area contributed by atoms with Crippen LogP contribution in [-0.4, -0.2) is 14.1 Å². The van der Waals surface area contributed by atoms with Crippen molar-refractivity contribution in [1.29, 1.82) is 0 Å². The molecule has 0 bridgehead atoms. The molecule has 0 N–H and O–H groups in total. The van der Waals surface area contributed by atoms with Gasteiger partial charge in [-0.05, 0) is 23.3 Å². The molecule has 1 aromatic rings. The number of hydrogen-bond donors (Lipinski definition) is 0. The molecule has 65 valence electrons. The van der Waals surface area contributed by atoms with Gasteiger partial charge in [0.15, 0.2) is 0 Å². The minimum Gasteiger partial charge on any atom is -0.378 e. The van der Waals surface area contributed by atoms with Crippen LogP contribution in [0, 0.1) is 6.42 Å². The van der Waals surface area contributed by atoms with Gasteiger partial charge in [-0.25, -0.2) is 0 Å². The van der Waals surface area contributed by atoms with E-state index in [1.165, 1.54) is 16.8 Å². The number of allylic oxidation sites excluding steroid dienone is 1. The number of hydrogen-bond acceptors (Lipinski definition) is 1. The molecule has 0 heterocycles. The maximum absolute atomic E-state index is 2.20. The zero-order chi connectivity index (χ0) is 8.55. The fourth-order valence-corrected chi connectivity index (χ4v) is 1.39. The summed E-state index contributed by atoms with van der Waals surface area (Å²) in [6.07, 6.45) is 6.36. The van der Waals surface area contributed by atoms with E-state index in [2.05, 4.69) is 55.8 Å². The normalized spacial score (nSPS) is 12.2. The van der Waals surface area contributed by atoms with Crippen molar-refractivity contribution < 1.29 is 26.2 Å². The average molecular weight is 249 g/mol. The van der Waals surface area contributed by atoms with E-state index in [0.717, 1.165) is 0 Å². The summed E-state index contributed by atoms with van der Waals surface area (Å²) < 4.78 is 0. The first-order chi connectivity index (χ1) is 5.77. The van der Waals surface area contributed by atoms with Gasteiger partial charge in [-0.2, -0.15) is 0 Å². The van der Waals surface area contributed by atoms with Gasteiger partial charge in [0, 0.05) is 52.4 Å². The first-order valence-corrected chi connectivity index (χ1v) is 4.10. The third-order valence-corrected chi connectivity index (χ3v) is 2.14. The van der Waals surface area contributed by atoms with Gasteiger partial charge < -0.3 is 4.90 Å². The monoisotopic (exact) mass is 248 g/mol. The van der Waals surface area contributed by atoms with Gasteiger partial charge in [-0.3, -0.25) is 0 Å². The standard InChI is InChI=1S/C11H12N.Zr/c1-12(2)11-7-6-9-4-3-5-10(9)8-11;/h3-8H,1-2H3;. The van der Waals surface area contributed by atoms with Gasteiger partial charge in [0.25, 0.3) is 0 Å². The molecular weight excluding hydrogens is 237 g/mol. The van der Waals surface area contributed by atoms with Crippen molar-refractivity contribution in [2.45, 2.75) is 0 Å². The third-order valence-electron chi connectivity index (χ3n) is 2.14. The van der Waals surface area contributed by atoms with Crippen LogP contribution in [0.15, 0.2) is 24.3 Å². The summed E-state index contributed by atoms with van der Waals surface area (Å²) in [6.45, 7) is 0. The Bertz CT molecular complexity index is 329. The minimum atomic E-state index is 0. The molecule has 13 heavy (non-hydrogen) atoms. The minimum absolute atomic E-state index is 0. The van der Waals surface area contributed by atoms with E-state index in [9.17, 15) is 0 Å². The van der Waals surface area contributed by atoms with Crippen LogP contribution in [0.3, 0.4) is 0 Å². The van der Waals surface area contributed by atoms with Crippen molar-refractivity contribution in [1.82, 2.24) is 0 Å². The molecule has 0 atom stereocenters. The fraction of sp³-hybridized carbons (Fsp3) is 0.182. The third kappa shape index (κ3) is 2.11. The number of benzene rings is 1. The van der Waals surface area contributed by atoms with Crippen molar-refractivity contribution in [3.05, 3.63) is 41.8 Å². The summed E-state index contributed by atoms with van der Waals surface area (Å²) >= 11 is 0. The summed E-state index contributed by atoms with van der Waals surface area (Å²) in [5.41, 5.74) is 3.90. The van der Waals surface area contributed by atoms with E-state index in [1.807, 2.05) is 0 Å². The molecule has 1 aliphatic carbocycles. The van der Waals surface area contributed by atoms with Crippen LogP contribution in [-0.2, 0) is 26.2 Å². The molecular formula is C11H12NZr. The summed E-state index contributed by atoms with van der Waals surface area (Å²) in [5.74, 6) is 0. The van der Waals surface area contributed by atoms with Crippen LogP contribution in [0.5, 0.6) is 0 Å². The van der Waals surface area contributed by atoms with Crippen LogP contribution >= 0.6 is 0 Å². The van der Waals surface area contributed by atoms with Gasteiger partial charge in [-0.1, -0.05) is 18.2 Å². The second-order valence-corrected chi connectivity index (χ2v) is 3.23. The van der Waals surface area contributed by atoms with E-state index in [4.69, 9.17) is 0 Å². The van der Waals surface area contributed by atoms with Gasteiger partial charge in [0.05, 0.1) is 0 Å². The first kappa shape index (κ1) is 10.7. The maximum atomic E-state index is 2.20. The molecule has 0 spiro atoms. The second-order valence-electron chi connectivity index (χ2n) is 3.23. The van der Waals surface area contributed by atoms with E-state index in [1.54, 1.807) is 0 Å². The van der Waals surface area contributed by atoms with Crippen molar-refractivity contribution >= 4 is 11.8 Å². The molecule has 1 aromatic carbocycles. The molecule has 0 saturated heterocycles. The predicted molar refractivity (Wildman–Crippen MR) is 53.2 cm³/mol. The Kier molecular flexibility index (Phi) is 3.49. The topological polar surface area (TPSA) is 3.24 Å². The number of rotatable bonds is 1. The Morgan fingerprint density at radius 2 is 1.85 bits per heavy atom. The quantitative estimate of drug-likeness (QED) is 0.738. The van der Waals surface area contributed by atoms with Crippen molar-refractivity contribution in [3.8, 4) is 0 Å². The van der Waals surface area contributed by atoms with Gasteiger partial charge in [0.1, 0.15) is 0 Å². The molecule has 0 amide bonds. The molecule has 0 aliphatic heterocycles. The smallest absolute Gasteiger partial charge is 0.0367 e. The van der Waals surface area contributed by atoms with E-state index in [0.29, 0.717) is 0 Å². The molecule has 0 unspecified atom stereocenters. The maximum Gasteiger partial charge on any atom is 0.0367 e. The van der Waals surface area contributed by atoms with Crippen molar-refractivity contribution in [2.24, 2.45) is 0 Å². The van der Waals surface area contributed by atoms with E-state index >= 15 is 0 Å². The summed E-state index contributed by atoms with van der Waals surface area (Å²) in [7, 11) is 4.12. The number of anilines is 1. The van der Waals surface area contributed by atoms with E-state index in [-0.39, 0.29) is 26.2 Å². The number of nitrogens with zero attached hydrogens (tertiary/aromatic N) is 1. The van der Waals surface area contributed by atoms with Crippen LogP contribution < -0.4 is 4.90 Å². The van der Waals surface area contributed by atoms with Crippen molar-refractivity contribution in [2.75, 3.05) is 19.0 Å². The van der Waals surface area contributed by atoms with Crippen LogP contribution in [0.4, 0.5) is 5.69 Å². The van der Waals surface area contributed by atoms with Gasteiger partial charge in [-0.15, -0.1) is 0 Å². The van der Waals surface area contributed by atoms with Crippen LogP contribution in [0.1, 0.15) is 11.1 Å². The van der Waals surface area contributed by atoms with Crippen LogP contribution in [0.25, 0.3) is 6.08 Å². The predicted octanol–water partition coefficient (Wildman–Crippen LogP) is 2.33. The van der Waals surface area contributed by atoms with Crippen molar-refractivity contribution in [3.63, 3.8) is 0 Å². The van der Waals surface area contributed by atoms with Crippen LogP contribution in [0.2, 0.25) is 0 Å². The Balaban J connectivity index is 0.000000845. The molecule has 0 aromatic heterocycles. The molecule has 2 rings (SSSR count). The second kappa shape index (κ2) is 4.24. The summed E-state index contributed by atoms with van der Waals surface area (Å²) in [6, 6.07) is 6.50. The van der Waals surface area contributed by atoms with Gasteiger partial charge in [0.2, 0.25) is 0 Å². The fourth-order valence-electron chi connectivity index (χ4n) is 1.39. The Morgan fingerprint density at radius 3 is 2.54 bits per heavy atom. The zero-order valence-electron chi connectivity index (χ0n) is 7.91. The Morgan fingerprint density at radius 1 is 1.08 bits per heavy atom. The Hall–Kier alpha value is -0.357. The molecule has 0 saturated carbocycles. The SMILES string of the molecule is CN(C)c1ccc2c(c1)C=C[CH]2.[Zr]. The number of fused-ring (bicyclic) bond motifs is 1. The first-order valence-electron chi connectivity index (χ1n) is 4.10. The summed E-state index contributed by atoms with van der Waals surface area (Å²) in [4.78, 5) is 2.12. The van der Waals surface area contributed by atoms with Gasteiger partial charge >= 0.3 is 0 Å². The Labute approximate surface area is 98.6 Å². The zero-order valence-corrected chi connectivity index (χ0v) is 10.4. The molecule has 1 aliphatic rings. The largest absolute Gasteiger partial charge is 0.378 e.